The second-order valence-corrected chi connectivity index (χ2v) is 11.5. The van der Waals surface area contributed by atoms with E-state index in [1.807, 2.05) is 29.2 Å². The van der Waals surface area contributed by atoms with Gasteiger partial charge in [0.15, 0.2) is 0 Å². The predicted molar refractivity (Wildman–Crippen MR) is 128 cm³/mol. The third-order valence-electron chi connectivity index (χ3n) is 7.54. The molecule has 1 aromatic rings. The van der Waals surface area contributed by atoms with Crippen molar-refractivity contribution in [1.29, 1.82) is 0 Å². The van der Waals surface area contributed by atoms with Crippen LogP contribution in [0.25, 0.3) is 0 Å². The van der Waals surface area contributed by atoms with Crippen LogP contribution in [0.15, 0.2) is 24.3 Å². The number of halogens is 1. The normalized spacial score (nSPS) is 28.4. The quantitative estimate of drug-likeness (QED) is 0.705. The van der Waals surface area contributed by atoms with Crippen LogP contribution in [0.4, 0.5) is 0 Å². The fourth-order valence-corrected chi connectivity index (χ4v) is 7.58. The molecule has 1 unspecified atom stereocenters. The van der Waals surface area contributed by atoms with Gasteiger partial charge in [0.25, 0.3) is 0 Å². The molecular weight excluding hydrogens is 446 g/mol. The molecule has 0 aromatic heterocycles. The number of benzene rings is 1. The minimum absolute atomic E-state index is 0.0110. The zero-order valence-electron chi connectivity index (χ0n) is 18.9. The van der Waals surface area contributed by atoms with Crippen molar-refractivity contribution in [2.75, 3.05) is 44.2 Å². The maximum Gasteiger partial charge on any atom is 0.227 e. The number of rotatable bonds is 5. The summed E-state index contributed by atoms with van der Waals surface area (Å²) in [5, 5.41) is 3.73. The van der Waals surface area contributed by atoms with E-state index in [-0.39, 0.29) is 29.2 Å². The Balaban J connectivity index is 1.41. The molecule has 2 saturated heterocycles. The number of nitrogens with one attached hydrogen (secondary N) is 1. The highest BCUT2D eigenvalue weighted by atomic mass is 35.5. The Bertz CT molecular complexity index is 849. The van der Waals surface area contributed by atoms with Gasteiger partial charge in [-0.25, -0.2) is 0 Å². The van der Waals surface area contributed by atoms with E-state index in [4.69, 9.17) is 11.6 Å². The van der Waals surface area contributed by atoms with Crippen molar-refractivity contribution in [3.8, 4) is 0 Å². The van der Waals surface area contributed by atoms with Crippen molar-refractivity contribution < 1.29 is 13.8 Å². The molecule has 32 heavy (non-hydrogen) atoms. The van der Waals surface area contributed by atoms with Crippen molar-refractivity contribution in [3.63, 3.8) is 0 Å². The van der Waals surface area contributed by atoms with Gasteiger partial charge in [-0.15, -0.1) is 0 Å². The summed E-state index contributed by atoms with van der Waals surface area (Å²) < 4.78 is 12.4. The first-order chi connectivity index (χ1) is 15.4. The number of hydrogen-bond donors (Lipinski definition) is 1. The van der Waals surface area contributed by atoms with E-state index in [1.165, 1.54) is 19.3 Å². The van der Waals surface area contributed by atoms with Crippen LogP contribution in [-0.2, 0) is 20.4 Å². The van der Waals surface area contributed by atoms with Gasteiger partial charge in [-0.2, -0.15) is 0 Å². The molecule has 8 heteroatoms. The zero-order valence-corrected chi connectivity index (χ0v) is 20.4. The van der Waals surface area contributed by atoms with Crippen molar-refractivity contribution in [1.82, 2.24) is 15.1 Å². The van der Waals surface area contributed by atoms with E-state index in [0.29, 0.717) is 36.2 Å². The fourth-order valence-electron chi connectivity index (χ4n) is 5.72. The van der Waals surface area contributed by atoms with E-state index < -0.39 is 10.8 Å². The largest absolute Gasteiger partial charge is 0.354 e. The van der Waals surface area contributed by atoms with E-state index in [2.05, 4.69) is 10.2 Å². The SMILES string of the molecule is CC(=O)NCC1(N2CCN(C(=O)[C@@H]3CS(=O)C[C@H]3c3ccc(Cl)cc3)CC2)CCCCC1. The first-order valence-electron chi connectivity index (χ1n) is 11.8. The molecule has 1 aromatic carbocycles. The minimum atomic E-state index is -0.970. The summed E-state index contributed by atoms with van der Waals surface area (Å²) in [6, 6.07) is 7.61. The number of amides is 2. The Hall–Kier alpha value is -1.44. The molecule has 2 heterocycles. The van der Waals surface area contributed by atoms with Gasteiger partial charge in [0.1, 0.15) is 0 Å². The molecule has 2 amide bonds. The van der Waals surface area contributed by atoms with Gasteiger partial charge < -0.3 is 10.2 Å². The molecule has 1 saturated carbocycles. The number of nitrogens with zero attached hydrogens (tertiary/aromatic N) is 2. The summed E-state index contributed by atoms with van der Waals surface area (Å²) in [5.74, 6) is 0.896. The molecule has 3 atom stereocenters. The summed E-state index contributed by atoms with van der Waals surface area (Å²) in [7, 11) is -0.970. The van der Waals surface area contributed by atoms with Gasteiger partial charge >= 0.3 is 0 Å². The lowest BCUT2D eigenvalue weighted by atomic mass is 9.79. The maximum absolute atomic E-state index is 13.5. The Morgan fingerprint density at radius 2 is 1.72 bits per heavy atom. The smallest absolute Gasteiger partial charge is 0.227 e. The highest BCUT2D eigenvalue weighted by Crippen LogP contribution is 2.36. The number of hydrogen-bond acceptors (Lipinski definition) is 4. The fraction of sp³-hybridized carbons (Fsp3) is 0.667. The molecule has 6 nitrogen and oxygen atoms in total. The Morgan fingerprint density at radius 3 is 2.34 bits per heavy atom. The summed E-state index contributed by atoms with van der Waals surface area (Å²) >= 11 is 6.03. The third-order valence-corrected chi connectivity index (χ3v) is 9.26. The van der Waals surface area contributed by atoms with Crippen LogP contribution in [0, 0.1) is 5.92 Å². The van der Waals surface area contributed by atoms with Crippen LogP contribution in [-0.4, -0.2) is 75.6 Å². The monoisotopic (exact) mass is 479 g/mol. The second kappa shape index (κ2) is 10.2. The molecular formula is C24H34ClN3O3S. The highest BCUT2D eigenvalue weighted by molar-refractivity contribution is 7.85. The molecule has 176 valence electrons. The molecule has 0 radical (unpaired) electrons. The summed E-state index contributed by atoms with van der Waals surface area (Å²) in [6.45, 7) is 5.31. The predicted octanol–water partition coefficient (Wildman–Crippen LogP) is 2.79. The van der Waals surface area contributed by atoms with Gasteiger partial charge in [-0.05, 0) is 30.5 Å². The minimum Gasteiger partial charge on any atom is -0.354 e. The van der Waals surface area contributed by atoms with Crippen LogP contribution >= 0.6 is 11.6 Å². The van der Waals surface area contributed by atoms with Crippen LogP contribution in [0.1, 0.15) is 50.5 Å². The van der Waals surface area contributed by atoms with Crippen LogP contribution in [0.5, 0.6) is 0 Å². The van der Waals surface area contributed by atoms with Gasteiger partial charge in [-0.3, -0.25) is 18.7 Å². The average molecular weight is 480 g/mol. The van der Waals surface area contributed by atoms with Crippen LogP contribution < -0.4 is 5.32 Å². The van der Waals surface area contributed by atoms with E-state index in [0.717, 1.165) is 31.5 Å². The molecule has 0 spiro atoms. The topological polar surface area (TPSA) is 69.7 Å². The van der Waals surface area contributed by atoms with Crippen molar-refractivity contribution >= 4 is 34.2 Å². The van der Waals surface area contributed by atoms with Crippen molar-refractivity contribution in [2.45, 2.75) is 50.5 Å². The van der Waals surface area contributed by atoms with Gasteiger partial charge in [0, 0.05) is 78.4 Å². The lowest BCUT2D eigenvalue weighted by molar-refractivity contribution is -0.138. The van der Waals surface area contributed by atoms with Crippen molar-refractivity contribution in [2.24, 2.45) is 5.92 Å². The number of carbonyl (C=O) groups excluding carboxylic acids is 2. The Labute approximate surface area is 198 Å². The molecule has 0 bridgehead atoms. The molecule has 1 aliphatic carbocycles. The van der Waals surface area contributed by atoms with Crippen LogP contribution in [0.2, 0.25) is 5.02 Å². The van der Waals surface area contributed by atoms with E-state index in [9.17, 15) is 13.8 Å². The van der Waals surface area contributed by atoms with E-state index in [1.54, 1.807) is 6.92 Å². The third kappa shape index (κ3) is 5.20. The summed E-state index contributed by atoms with van der Waals surface area (Å²) in [4.78, 5) is 29.5. The molecule has 3 fully saturated rings. The van der Waals surface area contributed by atoms with Gasteiger partial charge in [0.05, 0.1) is 5.92 Å². The molecule has 2 aliphatic heterocycles. The first kappa shape index (κ1) is 23.7. The maximum atomic E-state index is 13.5. The summed E-state index contributed by atoms with van der Waals surface area (Å²) in [6.07, 6.45) is 5.83. The Kier molecular flexibility index (Phi) is 7.58. The van der Waals surface area contributed by atoms with Gasteiger partial charge in [-0.1, -0.05) is 43.0 Å². The molecule has 3 aliphatic rings. The number of piperazine rings is 1. The molecule has 1 N–H and O–H groups in total. The Morgan fingerprint density at radius 1 is 1.06 bits per heavy atom. The lowest BCUT2D eigenvalue weighted by Crippen LogP contribution is -2.62. The lowest BCUT2D eigenvalue weighted by Gasteiger charge is -2.50. The standard InChI is InChI=1S/C24H34ClN3O3S/c1-18(29)26-17-24(9-3-2-4-10-24)28-13-11-27(12-14-28)23(30)22-16-32(31)15-21(22)19-5-7-20(25)8-6-19/h5-8,21-22H,2-4,9-17H2,1H3,(H,26,29)/t21-,22+,32?/m0/s1. The highest BCUT2D eigenvalue weighted by Gasteiger charge is 2.43. The van der Waals surface area contributed by atoms with Crippen LogP contribution in [0.3, 0.4) is 0 Å². The zero-order chi connectivity index (χ0) is 22.7. The molecule has 4 rings (SSSR count). The number of carbonyl (C=O) groups is 2. The summed E-state index contributed by atoms with van der Waals surface area (Å²) in [5.41, 5.74) is 1.06. The first-order valence-corrected chi connectivity index (χ1v) is 13.6. The van der Waals surface area contributed by atoms with Gasteiger partial charge in [0.2, 0.25) is 11.8 Å². The van der Waals surface area contributed by atoms with Crippen molar-refractivity contribution in [3.05, 3.63) is 34.9 Å². The van der Waals surface area contributed by atoms with E-state index >= 15 is 0 Å². The second-order valence-electron chi connectivity index (χ2n) is 9.54. The average Bonchev–Trinajstić information content (AvgIpc) is 3.20.